The van der Waals surface area contributed by atoms with Crippen LogP contribution >= 0.6 is 11.3 Å². The summed E-state index contributed by atoms with van der Waals surface area (Å²) < 4.78 is 0. The smallest absolute Gasteiger partial charge is 0.274 e. The van der Waals surface area contributed by atoms with Gasteiger partial charge in [-0.25, -0.2) is 0 Å². The zero-order valence-corrected chi connectivity index (χ0v) is 18.6. The predicted octanol–water partition coefficient (Wildman–Crippen LogP) is 5.29. The number of nitrogens with one attached hydrogen (secondary N) is 1. The van der Waals surface area contributed by atoms with Crippen molar-refractivity contribution in [1.82, 2.24) is 9.88 Å². The van der Waals surface area contributed by atoms with Crippen molar-refractivity contribution in [1.29, 1.82) is 0 Å². The molecule has 0 aliphatic rings. The molecule has 5 nitrogen and oxygen atoms in total. The highest BCUT2D eigenvalue weighted by molar-refractivity contribution is 7.13. The second-order valence-corrected chi connectivity index (χ2v) is 8.84. The highest BCUT2D eigenvalue weighted by atomic mass is 32.1. The Balaban J connectivity index is 1.51. The number of thiophene rings is 1. The topological polar surface area (TPSA) is 71.2 Å². The van der Waals surface area contributed by atoms with E-state index in [-0.39, 0.29) is 5.91 Å². The number of carbonyl (C=O) groups is 1. The lowest BCUT2D eigenvalue weighted by atomic mass is 10.0. The first-order chi connectivity index (χ1) is 15.0. The van der Waals surface area contributed by atoms with Gasteiger partial charge in [-0.1, -0.05) is 24.3 Å². The van der Waals surface area contributed by atoms with Crippen LogP contribution in [0.1, 0.15) is 22.5 Å². The maximum atomic E-state index is 12.8. The van der Waals surface area contributed by atoms with E-state index in [9.17, 15) is 4.79 Å². The van der Waals surface area contributed by atoms with E-state index in [4.69, 9.17) is 5.73 Å². The maximum Gasteiger partial charge on any atom is 0.274 e. The fraction of sp³-hybridized carbons (Fsp3) is 0.200. The van der Waals surface area contributed by atoms with Crippen LogP contribution in [0.2, 0.25) is 0 Å². The monoisotopic (exact) mass is 430 g/mol. The van der Waals surface area contributed by atoms with Crippen molar-refractivity contribution in [3.8, 4) is 10.4 Å². The molecule has 1 amide bonds. The Bertz CT molecular complexity index is 1200. The number of nitrogen functional groups attached to an aromatic ring is 1. The van der Waals surface area contributed by atoms with Crippen LogP contribution in [0, 0.1) is 0 Å². The SMILES string of the molecule is CN(C)CCCc1ccc2cc(C(=O)Nc3cc(-c4cccs4)ccc3N)ncc2c1. The molecule has 6 heteroatoms. The highest BCUT2D eigenvalue weighted by Gasteiger charge is 2.12. The Hall–Kier alpha value is -3.22. The summed E-state index contributed by atoms with van der Waals surface area (Å²) in [6.45, 7) is 1.06. The number of amides is 1. The first-order valence-corrected chi connectivity index (χ1v) is 11.2. The Kier molecular flexibility index (Phi) is 6.30. The van der Waals surface area contributed by atoms with Gasteiger partial charge >= 0.3 is 0 Å². The van der Waals surface area contributed by atoms with Gasteiger partial charge in [0, 0.05) is 16.5 Å². The molecule has 0 unspecified atom stereocenters. The van der Waals surface area contributed by atoms with E-state index in [0.29, 0.717) is 17.1 Å². The summed E-state index contributed by atoms with van der Waals surface area (Å²) in [6.07, 6.45) is 3.90. The molecular weight excluding hydrogens is 404 g/mol. The van der Waals surface area contributed by atoms with Gasteiger partial charge in [0.05, 0.1) is 11.4 Å². The molecule has 2 aromatic heterocycles. The summed E-state index contributed by atoms with van der Waals surface area (Å²) in [7, 11) is 4.17. The molecule has 2 heterocycles. The average molecular weight is 431 g/mol. The number of rotatable bonds is 7. The number of hydrogen-bond donors (Lipinski definition) is 2. The number of hydrogen-bond acceptors (Lipinski definition) is 5. The van der Waals surface area contributed by atoms with Crippen LogP contribution < -0.4 is 11.1 Å². The Morgan fingerprint density at radius 1 is 1.10 bits per heavy atom. The van der Waals surface area contributed by atoms with E-state index >= 15 is 0 Å². The normalized spacial score (nSPS) is 11.2. The van der Waals surface area contributed by atoms with Gasteiger partial charge in [-0.15, -0.1) is 11.3 Å². The summed E-state index contributed by atoms with van der Waals surface area (Å²) in [5, 5.41) is 6.98. The Morgan fingerprint density at radius 2 is 1.97 bits per heavy atom. The van der Waals surface area contributed by atoms with Crippen molar-refractivity contribution in [3.05, 3.63) is 77.4 Å². The minimum Gasteiger partial charge on any atom is -0.397 e. The molecule has 4 aromatic rings. The third-order valence-corrected chi connectivity index (χ3v) is 6.12. The molecule has 0 saturated heterocycles. The Morgan fingerprint density at radius 3 is 2.74 bits per heavy atom. The Labute approximate surface area is 186 Å². The van der Waals surface area contributed by atoms with Crippen LogP contribution in [0.5, 0.6) is 0 Å². The van der Waals surface area contributed by atoms with Gasteiger partial charge in [-0.2, -0.15) is 0 Å². The van der Waals surface area contributed by atoms with Crippen LogP contribution in [0.3, 0.4) is 0 Å². The van der Waals surface area contributed by atoms with E-state index < -0.39 is 0 Å². The molecule has 0 bridgehead atoms. The standard InChI is InChI=1S/C25H26N4OS/c1-29(2)11-3-5-17-7-8-18-14-23(27-16-20(18)13-17)25(30)28-22-15-19(9-10-21(22)26)24-6-4-12-31-24/h4,6-10,12-16H,3,5,11,26H2,1-2H3,(H,28,30). The molecule has 2 aromatic carbocycles. The van der Waals surface area contributed by atoms with Crippen LogP contribution in [0.25, 0.3) is 21.2 Å². The molecule has 31 heavy (non-hydrogen) atoms. The van der Waals surface area contributed by atoms with Gasteiger partial charge in [-0.05, 0) is 85.7 Å². The number of aryl methyl sites for hydroxylation is 1. The molecule has 0 aliphatic carbocycles. The van der Waals surface area contributed by atoms with Gasteiger partial charge < -0.3 is 16.0 Å². The van der Waals surface area contributed by atoms with Crippen LogP contribution in [0.15, 0.2) is 66.2 Å². The van der Waals surface area contributed by atoms with E-state index in [1.165, 1.54) is 5.56 Å². The first kappa shape index (κ1) is 21.0. The van der Waals surface area contributed by atoms with Crippen molar-refractivity contribution in [2.24, 2.45) is 0 Å². The van der Waals surface area contributed by atoms with Crippen molar-refractivity contribution in [2.75, 3.05) is 31.7 Å². The molecule has 3 N–H and O–H groups in total. The number of carbonyl (C=O) groups excluding carboxylic acids is 1. The van der Waals surface area contributed by atoms with Crippen molar-refractivity contribution in [3.63, 3.8) is 0 Å². The van der Waals surface area contributed by atoms with Crippen LogP contribution in [-0.2, 0) is 6.42 Å². The zero-order valence-electron chi connectivity index (χ0n) is 17.8. The molecular formula is C25H26N4OS. The van der Waals surface area contributed by atoms with E-state index in [1.807, 2.05) is 41.8 Å². The van der Waals surface area contributed by atoms with Gasteiger partial charge in [0.1, 0.15) is 5.69 Å². The average Bonchev–Trinajstić information content (AvgIpc) is 3.29. The zero-order chi connectivity index (χ0) is 21.8. The molecule has 0 radical (unpaired) electrons. The second-order valence-electron chi connectivity index (χ2n) is 7.89. The maximum absolute atomic E-state index is 12.8. The number of pyridine rings is 1. The fourth-order valence-electron chi connectivity index (χ4n) is 3.52. The predicted molar refractivity (Wildman–Crippen MR) is 131 cm³/mol. The largest absolute Gasteiger partial charge is 0.397 e. The number of benzene rings is 2. The second kappa shape index (κ2) is 9.29. The summed E-state index contributed by atoms with van der Waals surface area (Å²) >= 11 is 1.65. The lowest BCUT2D eigenvalue weighted by molar-refractivity contribution is 0.102. The first-order valence-electron chi connectivity index (χ1n) is 10.3. The summed E-state index contributed by atoms with van der Waals surface area (Å²) in [5.74, 6) is -0.271. The number of nitrogens with two attached hydrogens (primary N) is 1. The van der Waals surface area contributed by atoms with Gasteiger partial charge in [0.2, 0.25) is 0 Å². The minimum absolute atomic E-state index is 0.271. The molecule has 0 aliphatic heterocycles. The third-order valence-electron chi connectivity index (χ3n) is 5.20. The molecule has 0 atom stereocenters. The van der Waals surface area contributed by atoms with Crippen molar-refractivity contribution >= 4 is 39.4 Å². The fourth-order valence-corrected chi connectivity index (χ4v) is 4.24. The minimum atomic E-state index is -0.271. The van der Waals surface area contributed by atoms with Gasteiger partial charge in [-0.3, -0.25) is 9.78 Å². The van der Waals surface area contributed by atoms with Gasteiger partial charge in [0.25, 0.3) is 5.91 Å². The van der Waals surface area contributed by atoms with E-state index in [1.54, 1.807) is 17.5 Å². The van der Waals surface area contributed by atoms with Gasteiger partial charge in [0.15, 0.2) is 0 Å². The van der Waals surface area contributed by atoms with Crippen LogP contribution in [-0.4, -0.2) is 36.4 Å². The number of anilines is 2. The van der Waals surface area contributed by atoms with Crippen LogP contribution in [0.4, 0.5) is 11.4 Å². The molecule has 0 saturated carbocycles. The summed E-state index contributed by atoms with van der Waals surface area (Å²) in [5.41, 5.74) is 9.89. The molecule has 0 fully saturated rings. The lowest BCUT2D eigenvalue weighted by Gasteiger charge is -2.11. The lowest BCUT2D eigenvalue weighted by Crippen LogP contribution is -2.14. The quantitative estimate of drug-likeness (QED) is 0.391. The molecule has 0 spiro atoms. The molecule has 4 rings (SSSR count). The number of aromatic nitrogens is 1. The van der Waals surface area contributed by atoms with Crippen molar-refractivity contribution < 1.29 is 4.79 Å². The summed E-state index contributed by atoms with van der Waals surface area (Å²) in [4.78, 5) is 20.6. The number of fused-ring (bicyclic) bond motifs is 1. The van der Waals surface area contributed by atoms with E-state index in [2.05, 4.69) is 47.5 Å². The van der Waals surface area contributed by atoms with Crippen molar-refractivity contribution in [2.45, 2.75) is 12.8 Å². The van der Waals surface area contributed by atoms with E-state index in [0.717, 1.165) is 40.6 Å². The summed E-state index contributed by atoms with van der Waals surface area (Å²) in [6, 6.07) is 17.9. The third kappa shape index (κ3) is 5.10. The number of nitrogens with zero attached hydrogens (tertiary/aromatic N) is 2. The molecule has 158 valence electrons. The highest BCUT2D eigenvalue weighted by Crippen LogP contribution is 2.30.